The first-order valence-corrected chi connectivity index (χ1v) is 9.66. The molecule has 0 radical (unpaired) electrons. The van der Waals surface area contributed by atoms with E-state index in [2.05, 4.69) is 34.0 Å². The smallest absolute Gasteiger partial charge is 0.229 e. The van der Waals surface area contributed by atoms with Gasteiger partial charge in [0.25, 0.3) is 0 Å². The molecule has 3 rings (SSSR count). The van der Waals surface area contributed by atoms with Crippen LogP contribution in [0.5, 0.6) is 0 Å². The summed E-state index contributed by atoms with van der Waals surface area (Å²) in [6.07, 6.45) is 9.78. The van der Waals surface area contributed by atoms with Crippen LogP contribution >= 0.6 is 0 Å². The van der Waals surface area contributed by atoms with E-state index in [1.807, 2.05) is 0 Å². The molecule has 1 saturated carbocycles. The molecule has 0 bridgehead atoms. The highest BCUT2D eigenvalue weighted by molar-refractivity contribution is 5.81. The van der Waals surface area contributed by atoms with Crippen LogP contribution in [0, 0.1) is 0 Å². The van der Waals surface area contributed by atoms with Crippen LogP contribution in [0.15, 0.2) is 9.68 Å². The van der Waals surface area contributed by atoms with Crippen molar-refractivity contribution in [1.82, 2.24) is 15.0 Å². The first-order chi connectivity index (χ1) is 12.1. The summed E-state index contributed by atoms with van der Waals surface area (Å²) in [5, 5.41) is 8.03. The monoisotopic (exact) mass is 349 g/mol. The van der Waals surface area contributed by atoms with Gasteiger partial charge in [-0.3, -0.25) is 4.90 Å². The van der Waals surface area contributed by atoms with E-state index >= 15 is 0 Å². The molecular weight excluding hydrogens is 318 g/mol. The Bertz CT molecular complexity index is 558. The van der Waals surface area contributed by atoms with E-state index in [4.69, 9.17) is 15.1 Å². The van der Waals surface area contributed by atoms with Crippen molar-refractivity contribution in [2.75, 3.05) is 6.54 Å². The number of likely N-dealkylation sites (tertiary alicyclic amines) is 1. The van der Waals surface area contributed by atoms with E-state index in [9.17, 15) is 0 Å². The largest absolute Gasteiger partial charge is 0.386 e. The molecule has 1 aliphatic carbocycles. The summed E-state index contributed by atoms with van der Waals surface area (Å²) in [5.74, 6) is 2.19. The molecule has 2 atom stereocenters. The van der Waals surface area contributed by atoms with Crippen LogP contribution in [0.4, 0.5) is 0 Å². The second-order valence-electron chi connectivity index (χ2n) is 7.54. The fourth-order valence-corrected chi connectivity index (χ4v) is 4.02. The number of oxime groups is 1. The highest BCUT2D eigenvalue weighted by atomic mass is 16.6. The van der Waals surface area contributed by atoms with E-state index in [0.29, 0.717) is 36.2 Å². The van der Waals surface area contributed by atoms with E-state index < -0.39 is 0 Å². The normalized spacial score (nSPS) is 26.7. The molecule has 1 aromatic heterocycles. The van der Waals surface area contributed by atoms with Crippen LogP contribution in [0.1, 0.15) is 82.8 Å². The quantitative estimate of drug-likeness (QED) is 0.482. The average molecular weight is 349 g/mol. The SMILES string of the molecule is C[C@H]1CCC[C@H](C)N1C/C(N)=N\OCc1noc(C2CCCCC2)n1. The number of aromatic nitrogens is 2. The number of hydrogen-bond donors (Lipinski definition) is 1. The lowest BCUT2D eigenvalue weighted by Gasteiger charge is -2.38. The summed E-state index contributed by atoms with van der Waals surface area (Å²) in [4.78, 5) is 12.2. The van der Waals surface area contributed by atoms with Crippen molar-refractivity contribution < 1.29 is 9.36 Å². The third-order valence-electron chi connectivity index (χ3n) is 5.53. The van der Waals surface area contributed by atoms with Crippen molar-refractivity contribution in [2.45, 2.75) is 89.8 Å². The first-order valence-electron chi connectivity index (χ1n) is 9.66. The van der Waals surface area contributed by atoms with Gasteiger partial charge in [-0.05, 0) is 39.5 Å². The Morgan fingerprint density at radius 3 is 2.60 bits per heavy atom. The van der Waals surface area contributed by atoms with Crippen LogP contribution in [-0.4, -0.2) is 39.5 Å². The van der Waals surface area contributed by atoms with E-state index in [-0.39, 0.29) is 6.61 Å². The molecule has 1 aliphatic heterocycles. The Labute approximate surface area is 150 Å². The molecule has 140 valence electrons. The van der Waals surface area contributed by atoms with Crippen LogP contribution < -0.4 is 5.73 Å². The molecule has 25 heavy (non-hydrogen) atoms. The third kappa shape index (κ3) is 4.93. The minimum atomic E-state index is 0.196. The molecule has 0 unspecified atom stereocenters. The van der Waals surface area contributed by atoms with Gasteiger partial charge in [0, 0.05) is 18.0 Å². The van der Waals surface area contributed by atoms with Gasteiger partial charge in [-0.2, -0.15) is 4.98 Å². The Kier molecular flexibility index (Phi) is 6.29. The molecule has 0 spiro atoms. The Balaban J connectivity index is 1.46. The van der Waals surface area contributed by atoms with Crippen molar-refractivity contribution >= 4 is 5.84 Å². The highest BCUT2D eigenvalue weighted by Crippen LogP contribution is 2.31. The van der Waals surface area contributed by atoms with Crippen molar-refractivity contribution in [1.29, 1.82) is 0 Å². The van der Waals surface area contributed by atoms with Gasteiger partial charge in [-0.25, -0.2) is 0 Å². The number of amidine groups is 1. The standard InChI is InChI=1S/C18H31N5O2/c1-13-7-6-8-14(2)23(13)11-16(19)21-24-12-17-20-18(25-22-17)15-9-4-3-5-10-15/h13-15H,3-12H2,1-2H3,(H2,19,21)/t13-,14-/m0/s1. The van der Waals surface area contributed by atoms with Gasteiger partial charge in [0.15, 0.2) is 12.4 Å². The zero-order valence-electron chi connectivity index (χ0n) is 15.5. The number of rotatable bonds is 6. The summed E-state index contributed by atoms with van der Waals surface area (Å²) in [6, 6.07) is 1.07. The second kappa shape index (κ2) is 8.65. The zero-order chi connectivity index (χ0) is 17.6. The Morgan fingerprint density at radius 2 is 1.88 bits per heavy atom. The molecule has 0 aromatic carbocycles. The van der Waals surface area contributed by atoms with Gasteiger partial charge < -0.3 is 15.1 Å². The lowest BCUT2D eigenvalue weighted by Crippen LogP contribution is -2.47. The average Bonchev–Trinajstić information content (AvgIpc) is 3.08. The van der Waals surface area contributed by atoms with Crippen molar-refractivity contribution in [3.05, 3.63) is 11.7 Å². The molecule has 1 aromatic rings. The van der Waals surface area contributed by atoms with Crippen molar-refractivity contribution in [3.8, 4) is 0 Å². The maximum absolute atomic E-state index is 6.03. The van der Waals surface area contributed by atoms with E-state index in [1.165, 1.54) is 38.5 Å². The van der Waals surface area contributed by atoms with Crippen molar-refractivity contribution in [3.63, 3.8) is 0 Å². The topological polar surface area (TPSA) is 89.8 Å². The van der Waals surface area contributed by atoms with Gasteiger partial charge in [-0.15, -0.1) is 0 Å². The van der Waals surface area contributed by atoms with Gasteiger partial charge in [-0.1, -0.05) is 36.0 Å². The molecule has 7 heteroatoms. The lowest BCUT2D eigenvalue weighted by atomic mass is 9.89. The summed E-state index contributed by atoms with van der Waals surface area (Å²) >= 11 is 0. The highest BCUT2D eigenvalue weighted by Gasteiger charge is 2.25. The summed E-state index contributed by atoms with van der Waals surface area (Å²) in [7, 11) is 0. The number of nitrogens with two attached hydrogens (primary N) is 1. The predicted octanol–water partition coefficient (Wildman–Crippen LogP) is 3.17. The third-order valence-corrected chi connectivity index (χ3v) is 5.53. The van der Waals surface area contributed by atoms with Crippen LogP contribution in [-0.2, 0) is 11.4 Å². The molecule has 2 fully saturated rings. The molecule has 7 nitrogen and oxygen atoms in total. The van der Waals surface area contributed by atoms with Gasteiger partial charge in [0.1, 0.15) is 0 Å². The van der Waals surface area contributed by atoms with Crippen LogP contribution in [0.2, 0.25) is 0 Å². The van der Waals surface area contributed by atoms with Gasteiger partial charge >= 0.3 is 0 Å². The molecule has 2 aliphatic rings. The molecular formula is C18H31N5O2. The van der Waals surface area contributed by atoms with E-state index in [0.717, 1.165) is 18.7 Å². The summed E-state index contributed by atoms with van der Waals surface area (Å²) in [5.41, 5.74) is 6.03. The number of hydrogen-bond acceptors (Lipinski definition) is 6. The van der Waals surface area contributed by atoms with Gasteiger partial charge in [0.05, 0.1) is 6.54 Å². The minimum absolute atomic E-state index is 0.196. The fourth-order valence-electron chi connectivity index (χ4n) is 4.02. The maximum Gasteiger partial charge on any atom is 0.229 e. The summed E-state index contributed by atoms with van der Waals surface area (Å²) < 4.78 is 5.38. The molecule has 1 saturated heterocycles. The molecule has 2 heterocycles. The number of nitrogens with zero attached hydrogens (tertiary/aromatic N) is 4. The van der Waals surface area contributed by atoms with Gasteiger partial charge in [0.2, 0.25) is 11.7 Å². The predicted molar refractivity (Wildman–Crippen MR) is 96.0 cm³/mol. The zero-order valence-corrected chi connectivity index (χ0v) is 15.5. The molecule has 0 amide bonds. The van der Waals surface area contributed by atoms with Crippen molar-refractivity contribution in [2.24, 2.45) is 10.9 Å². The minimum Gasteiger partial charge on any atom is -0.386 e. The second-order valence-corrected chi connectivity index (χ2v) is 7.54. The molecule has 2 N–H and O–H groups in total. The Hall–Kier alpha value is -1.63. The Morgan fingerprint density at radius 1 is 1.16 bits per heavy atom. The maximum atomic E-state index is 6.03. The van der Waals surface area contributed by atoms with Crippen LogP contribution in [0.3, 0.4) is 0 Å². The van der Waals surface area contributed by atoms with E-state index in [1.54, 1.807) is 0 Å². The number of piperidine rings is 1. The fraction of sp³-hybridized carbons (Fsp3) is 0.833. The summed E-state index contributed by atoms with van der Waals surface area (Å²) in [6.45, 7) is 5.33. The lowest BCUT2D eigenvalue weighted by molar-refractivity contribution is 0.108. The van der Waals surface area contributed by atoms with Crippen LogP contribution in [0.25, 0.3) is 0 Å². The first kappa shape index (κ1) is 18.2.